The molecule has 7 rings (SSSR count). The number of anilines is 2. The molecule has 1 saturated heterocycles. The van der Waals surface area contributed by atoms with E-state index in [2.05, 4.69) is 39.6 Å². The fraction of sp³-hybridized carbons (Fsp3) is 0.464. The van der Waals surface area contributed by atoms with Crippen LogP contribution in [0.5, 0.6) is 0 Å². The summed E-state index contributed by atoms with van der Waals surface area (Å²) < 4.78 is 6.97. The number of likely N-dealkylation sites (N-methyl/N-ethyl adjacent to an activating group) is 1. The highest BCUT2D eigenvalue weighted by atomic mass is 16.6. The molecule has 1 atom stereocenters. The lowest BCUT2D eigenvalue weighted by Crippen LogP contribution is -2.44. The number of carbonyl (C=O) groups is 1. The van der Waals surface area contributed by atoms with Gasteiger partial charge in [-0.05, 0) is 37.2 Å². The molecule has 10 heteroatoms. The highest BCUT2D eigenvalue weighted by Gasteiger charge is 2.45. The third kappa shape index (κ3) is 3.40. The zero-order valence-electron chi connectivity index (χ0n) is 21.8. The van der Waals surface area contributed by atoms with Crippen molar-refractivity contribution in [2.45, 2.75) is 38.6 Å². The number of hydrogen-bond acceptors (Lipinski definition) is 9. The molecule has 1 aromatic carbocycles. The Balaban J connectivity index is 1.44. The van der Waals surface area contributed by atoms with Crippen molar-refractivity contribution < 1.29 is 14.6 Å². The smallest absolute Gasteiger partial charge is 0.343 e. The molecule has 198 valence electrons. The van der Waals surface area contributed by atoms with Gasteiger partial charge in [-0.1, -0.05) is 6.92 Å². The third-order valence-electron chi connectivity index (χ3n) is 8.68. The van der Waals surface area contributed by atoms with E-state index in [0.29, 0.717) is 23.4 Å². The normalized spacial score (nSPS) is 22.7. The van der Waals surface area contributed by atoms with Crippen molar-refractivity contribution in [2.75, 3.05) is 56.9 Å². The van der Waals surface area contributed by atoms with Gasteiger partial charge in [-0.2, -0.15) is 0 Å². The number of fused-ring (bicyclic) bond motifs is 6. The Morgan fingerprint density at radius 1 is 1.05 bits per heavy atom. The topological polar surface area (TPSA) is 112 Å². The number of carbonyl (C=O) groups excluding carboxylic acids is 1. The summed E-state index contributed by atoms with van der Waals surface area (Å²) in [4.78, 5) is 36.2. The lowest BCUT2D eigenvalue weighted by Gasteiger charge is -2.33. The van der Waals surface area contributed by atoms with Crippen molar-refractivity contribution >= 4 is 28.2 Å². The van der Waals surface area contributed by atoms with Crippen LogP contribution in [0, 0.1) is 0 Å². The van der Waals surface area contributed by atoms with Gasteiger partial charge in [0.1, 0.15) is 6.61 Å². The van der Waals surface area contributed by atoms with E-state index in [-0.39, 0.29) is 18.6 Å². The predicted molar refractivity (Wildman–Crippen MR) is 144 cm³/mol. The van der Waals surface area contributed by atoms with E-state index >= 15 is 0 Å². The van der Waals surface area contributed by atoms with Crippen LogP contribution in [0.15, 0.2) is 23.0 Å². The third-order valence-corrected chi connectivity index (χ3v) is 8.68. The number of esters is 1. The maximum Gasteiger partial charge on any atom is 0.343 e. The van der Waals surface area contributed by atoms with Gasteiger partial charge in [-0.15, -0.1) is 0 Å². The molecule has 0 amide bonds. The summed E-state index contributed by atoms with van der Waals surface area (Å²) in [5, 5.41) is 19.3. The van der Waals surface area contributed by atoms with Crippen molar-refractivity contribution in [2.24, 2.45) is 0 Å². The predicted octanol–water partition coefficient (Wildman–Crippen LogP) is 1.66. The van der Waals surface area contributed by atoms with Crippen LogP contribution in [0.3, 0.4) is 0 Å². The van der Waals surface area contributed by atoms with Crippen LogP contribution in [0.1, 0.15) is 35.6 Å². The Morgan fingerprint density at radius 3 is 2.53 bits per heavy atom. The quantitative estimate of drug-likeness (QED) is 0.350. The lowest BCUT2D eigenvalue weighted by atomic mass is 9.86. The maximum absolute atomic E-state index is 13.7. The molecule has 4 aliphatic heterocycles. The molecule has 0 spiro atoms. The van der Waals surface area contributed by atoms with Crippen LogP contribution in [0.2, 0.25) is 0 Å². The number of aliphatic hydroxyl groups is 1. The number of benzene rings is 1. The summed E-state index contributed by atoms with van der Waals surface area (Å²) in [6.07, 6.45) is 0.124. The van der Waals surface area contributed by atoms with Gasteiger partial charge in [0.2, 0.25) is 0 Å². The first-order valence-electron chi connectivity index (χ1n) is 13.4. The maximum atomic E-state index is 13.7. The van der Waals surface area contributed by atoms with Crippen LogP contribution in [-0.2, 0) is 34.8 Å². The van der Waals surface area contributed by atoms with E-state index in [1.54, 1.807) is 17.6 Å². The molecule has 2 aromatic heterocycles. The summed E-state index contributed by atoms with van der Waals surface area (Å²) >= 11 is 0. The van der Waals surface area contributed by atoms with Crippen molar-refractivity contribution in [3.8, 4) is 11.4 Å². The Labute approximate surface area is 220 Å². The monoisotopic (exact) mass is 516 g/mol. The molecular formula is C28H32N6O4. The number of ether oxygens (including phenoxy) is 1. The molecule has 0 bridgehead atoms. The molecule has 0 radical (unpaired) electrons. The second-order valence-corrected chi connectivity index (χ2v) is 10.9. The van der Waals surface area contributed by atoms with Gasteiger partial charge < -0.3 is 29.9 Å². The summed E-state index contributed by atoms with van der Waals surface area (Å²) in [7, 11) is 2.15. The second kappa shape index (κ2) is 8.52. The first-order valence-corrected chi connectivity index (χ1v) is 13.4. The largest absolute Gasteiger partial charge is 0.458 e. The van der Waals surface area contributed by atoms with E-state index in [4.69, 9.17) is 9.72 Å². The van der Waals surface area contributed by atoms with Crippen molar-refractivity contribution in [1.29, 1.82) is 0 Å². The zero-order chi connectivity index (χ0) is 26.2. The highest BCUT2D eigenvalue weighted by molar-refractivity contribution is 5.95. The molecule has 6 heterocycles. The molecule has 3 aromatic rings. The fourth-order valence-electron chi connectivity index (χ4n) is 6.31. The zero-order valence-corrected chi connectivity index (χ0v) is 21.8. The van der Waals surface area contributed by atoms with E-state index in [1.807, 2.05) is 0 Å². The lowest BCUT2D eigenvalue weighted by molar-refractivity contribution is -0.172. The van der Waals surface area contributed by atoms with E-state index in [0.717, 1.165) is 79.3 Å². The first-order chi connectivity index (χ1) is 18.4. The average Bonchev–Trinajstić information content (AvgIpc) is 3.30. The summed E-state index contributed by atoms with van der Waals surface area (Å²) in [6.45, 7) is 8.46. The van der Waals surface area contributed by atoms with Gasteiger partial charge in [-0.25, -0.2) is 9.78 Å². The van der Waals surface area contributed by atoms with Crippen LogP contribution >= 0.6 is 0 Å². The first kappa shape index (κ1) is 23.6. The van der Waals surface area contributed by atoms with Gasteiger partial charge in [0, 0.05) is 62.3 Å². The standard InChI is InChI=1S/C28H32N6O4/c1-3-28(37)20-11-24-25-18(14-34(24)26(35)19(20)15-38-27(28)36)17(13-33-8-6-32(2)7-9-33)16-10-22-23(12-21(16)31-25)30-5-4-29-22/h10-12,29-30,37H,3-9,13-15H2,1-2H3/t28-/m0/s1. The Kier molecular flexibility index (Phi) is 5.30. The van der Waals surface area contributed by atoms with Crippen LogP contribution in [0.4, 0.5) is 11.4 Å². The number of aromatic nitrogens is 2. The number of rotatable bonds is 3. The minimum absolute atomic E-state index is 0.124. The number of hydrogen-bond donors (Lipinski definition) is 3. The number of piperazine rings is 1. The number of nitrogens with zero attached hydrogens (tertiary/aromatic N) is 4. The van der Waals surface area contributed by atoms with Gasteiger partial charge in [0.05, 0.1) is 40.4 Å². The molecule has 10 nitrogen and oxygen atoms in total. The summed E-state index contributed by atoms with van der Waals surface area (Å²) in [5.74, 6) is -0.706. The number of nitrogens with one attached hydrogen (secondary N) is 2. The van der Waals surface area contributed by atoms with Crippen LogP contribution < -0.4 is 16.2 Å². The fourth-order valence-corrected chi connectivity index (χ4v) is 6.31. The van der Waals surface area contributed by atoms with Gasteiger partial charge >= 0.3 is 5.97 Å². The number of pyridine rings is 2. The molecule has 4 aliphatic rings. The SMILES string of the molecule is CC[C@@]1(O)C(=O)OCc2c1cc1n(c2=O)Cc2c-1nc1cc3c(cc1c2CN1CCN(C)CC1)NCCN3. The Bertz CT molecular complexity index is 1560. The Morgan fingerprint density at radius 2 is 1.79 bits per heavy atom. The van der Waals surface area contributed by atoms with Gasteiger partial charge in [-0.3, -0.25) is 9.69 Å². The number of cyclic esters (lactones) is 1. The van der Waals surface area contributed by atoms with Crippen molar-refractivity contribution in [3.63, 3.8) is 0 Å². The Hall–Kier alpha value is -3.47. The minimum atomic E-state index is -1.83. The van der Waals surface area contributed by atoms with Crippen molar-refractivity contribution in [1.82, 2.24) is 19.4 Å². The highest BCUT2D eigenvalue weighted by Crippen LogP contribution is 2.42. The van der Waals surface area contributed by atoms with Gasteiger partial charge in [0.15, 0.2) is 5.60 Å². The second-order valence-electron chi connectivity index (χ2n) is 10.9. The van der Waals surface area contributed by atoms with E-state index in [1.165, 1.54) is 5.56 Å². The average molecular weight is 517 g/mol. The minimum Gasteiger partial charge on any atom is -0.458 e. The van der Waals surface area contributed by atoms with Crippen molar-refractivity contribution in [3.05, 3.63) is 50.8 Å². The van der Waals surface area contributed by atoms with Gasteiger partial charge in [0.25, 0.3) is 5.56 Å². The summed E-state index contributed by atoms with van der Waals surface area (Å²) in [6, 6.07) is 6.07. The molecule has 0 aliphatic carbocycles. The van der Waals surface area contributed by atoms with Crippen LogP contribution in [0.25, 0.3) is 22.3 Å². The molecule has 1 fully saturated rings. The molecule has 3 N–H and O–H groups in total. The molecule has 0 saturated carbocycles. The molecule has 0 unspecified atom stereocenters. The van der Waals surface area contributed by atoms with E-state index in [9.17, 15) is 14.7 Å². The van der Waals surface area contributed by atoms with E-state index < -0.39 is 11.6 Å². The summed E-state index contributed by atoms with van der Waals surface area (Å²) in [5.41, 5.74) is 5.20. The molecule has 38 heavy (non-hydrogen) atoms. The van der Waals surface area contributed by atoms with Crippen LogP contribution in [-0.4, -0.2) is 76.7 Å². The molecular weight excluding hydrogens is 484 g/mol.